The molecule has 0 radical (unpaired) electrons. The van der Waals surface area contributed by atoms with Gasteiger partial charge in [0.05, 0.1) is 17.7 Å². The van der Waals surface area contributed by atoms with Crippen LogP contribution in [0.25, 0.3) is 5.82 Å². The third-order valence-corrected chi connectivity index (χ3v) is 6.02. The lowest BCUT2D eigenvalue weighted by Gasteiger charge is -2.35. The van der Waals surface area contributed by atoms with Gasteiger partial charge in [0.2, 0.25) is 5.91 Å². The Morgan fingerprint density at radius 1 is 1.00 bits per heavy atom. The lowest BCUT2D eigenvalue weighted by Crippen LogP contribution is -2.50. The second-order valence-corrected chi connectivity index (χ2v) is 8.50. The molecule has 0 bridgehead atoms. The number of carbonyl (C=O) groups excluding carboxylic acids is 1. The lowest BCUT2D eigenvalue weighted by molar-refractivity contribution is -0.132. The Hall–Kier alpha value is -3.56. The van der Waals surface area contributed by atoms with Crippen LogP contribution in [0, 0.1) is 13.8 Å². The molecule has 5 rings (SSSR count). The topological polar surface area (TPSA) is 102 Å². The molecular weight excluding hydrogens is 408 g/mol. The molecule has 0 unspecified atom stereocenters. The van der Waals surface area contributed by atoms with E-state index in [1.807, 2.05) is 26.0 Å². The first-order chi connectivity index (χ1) is 15.5. The van der Waals surface area contributed by atoms with E-state index in [0.717, 1.165) is 41.6 Å². The number of aryl methyl sites for hydroxylation is 2. The van der Waals surface area contributed by atoms with Crippen molar-refractivity contribution in [3.05, 3.63) is 58.3 Å². The molecule has 0 aromatic carbocycles. The summed E-state index contributed by atoms with van der Waals surface area (Å²) in [6, 6.07) is 5.49. The molecule has 0 atom stereocenters. The van der Waals surface area contributed by atoms with E-state index in [1.54, 1.807) is 22.0 Å². The molecule has 1 aliphatic heterocycles. The smallest absolute Gasteiger partial charge is 0.254 e. The molecule has 0 N–H and O–H groups in total. The van der Waals surface area contributed by atoms with Gasteiger partial charge in [-0.05, 0) is 32.8 Å². The van der Waals surface area contributed by atoms with Crippen LogP contribution in [0.2, 0.25) is 0 Å². The SMILES string of the molecule is Cc1cc(C)n(-c2cc(N3CCN(C(=O)Cn4cnc(C5CC5)cc4=O)CC3)ncn2)n1. The van der Waals surface area contributed by atoms with Crippen molar-refractivity contribution in [2.75, 3.05) is 31.1 Å². The summed E-state index contributed by atoms with van der Waals surface area (Å²) in [6.07, 6.45) is 5.23. The first-order valence-corrected chi connectivity index (χ1v) is 10.9. The van der Waals surface area contributed by atoms with Crippen LogP contribution < -0.4 is 10.5 Å². The molecular formula is C22H26N8O2. The lowest BCUT2D eigenvalue weighted by atomic mass is 10.3. The maximum Gasteiger partial charge on any atom is 0.254 e. The van der Waals surface area contributed by atoms with E-state index in [9.17, 15) is 9.59 Å². The summed E-state index contributed by atoms with van der Waals surface area (Å²) in [4.78, 5) is 42.1. The summed E-state index contributed by atoms with van der Waals surface area (Å²) in [7, 11) is 0. The Balaban J connectivity index is 1.22. The summed E-state index contributed by atoms with van der Waals surface area (Å²) in [5.74, 6) is 1.88. The zero-order valence-corrected chi connectivity index (χ0v) is 18.3. The minimum Gasteiger partial charge on any atom is -0.353 e. The molecule has 3 aromatic heterocycles. The Morgan fingerprint density at radius 2 is 1.75 bits per heavy atom. The van der Waals surface area contributed by atoms with Gasteiger partial charge in [0, 0.05) is 49.9 Å². The number of aromatic nitrogens is 6. The summed E-state index contributed by atoms with van der Waals surface area (Å²) < 4.78 is 3.20. The largest absolute Gasteiger partial charge is 0.353 e. The predicted molar refractivity (Wildman–Crippen MR) is 118 cm³/mol. The highest BCUT2D eigenvalue weighted by atomic mass is 16.2. The molecule has 10 nitrogen and oxygen atoms in total. The number of nitrogens with zero attached hydrogens (tertiary/aromatic N) is 8. The predicted octanol–water partition coefficient (Wildman–Crippen LogP) is 1.06. The van der Waals surface area contributed by atoms with Crippen molar-refractivity contribution in [3.63, 3.8) is 0 Å². The van der Waals surface area contributed by atoms with Gasteiger partial charge in [0.1, 0.15) is 18.7 Å². The fraction of sp³-hybridized carbons (Fsp3) is 0.455. The summed E-state index contributed by atoms with van der Waals surface area (Å²) in [5, 5.41) is 4.49. The van der Waals surface area contributed by atoms with Crippen LogP contribution in [-0.4, -0.2) is 66.3 Å². The quantitative estimate of drug-likeness (QED) is 0.592. The van der Waals surface area contributed by atoms with E-state index in [0.29, 0.717) is 32.1 Å². The van der Waals surface area contributed by atoms with Gasteiger partial charge in [-0.2, -0.15) is 5.10 Å². The number of amides is 1. The van der Waals surface area contributed by atoms with E-state index >= 15 is 0 Å². The average Bonchev–Trinajstić information content (AvgIpc) is 3.59. The van der Waals surface area contributed by atoms with Crippen LogP contribution in [0.1, 0.15) is 35.8 Å². The minimum absolute atomic E-state index is 0.0202. The zero-order chi connectivity index (χ0) is 22.2. The highest BCUT2D eigenvalue weighted by Gasteiger charge is 2.26. The van der Waals surface area contributed by atoms with Crippen molar-refractivity contribution >= 4 is 11.7 Å². The highest BCUT2D eigenvalue weighted by Crippen LogP contribution is 2.38. The molecule has 3 aromatic rings. The highest BCUT2D eigenvalue weighted by molar-refractivity contribution is 5.76. The Labute approximate surface area is 185 Å². The van der Waals surface area contributed by atoms with Crippen LogP contribution in [-0.2, 0) is 11.3 Å². The third-order valence-electron chi connectivity index (χ3n) is 6.02. The monoisotopic (exact) mass is 434 g/mol. The normalized spacial score (nSPS) is 16.4. The Morgan fingerprint density at radius 3 is 2.41 bits per heavy atom. The van der Waals surface area contributed by atoms with E-state index in [4.69, 9.17) is 0 Å². The molecule has 0 spiro atoms. The number of hydrogen-bond donors (Lipinski definition) is 0. The van der Waals surface area contributed by atoms with Crippen LogP contribution >= 0.6 is 0 Å². The number of rotatable bonds is 5. The van der Waals surface area contributed by atoms with Crippen LogP contribution in [0.3, 0.4) is 0 Å². The van der Waals surface area contributed by atoms with Gasteiger partial charge in [0.25, 0.3) is 5.56 Å². The second-order valence-electron chi connectivity index (χ2n) is 8.50. The molecule has 1 saturated carbocycles. The summed E-state index contributed by atoms with van der Waals surface area (Å²) >= 11 is 0. The number of hydrogen-bond acceptors (Lipinski definition) is 7. The summed E-state index contributed by atoms with van der Waals surface area (Å²) in [5.41, 5.74) is 2.63. The van der Waals surface area contributed by atoms with E-state index < -0.39 is 0 Å². The van der Waals surface area contributed by atoms with Gasteiger partial charge in [-0.1, -0.05) is 0 Å². The molecule has 2 fully saturated rings. The van der Waals surface area contributed by atoms with Crippen molar-refractivity contribution in [3.8, 4) is 5.82 Å². The van der Waals surface area contributed by atoms with E-state index in [1.165, 1.54) is 10.9 Å². The van der Waals surface area contributed by atoms with Crippen molar-refractivity contribution in [2.45, 2.75) is 39.2 Å². The molecule has 2 aliphatic rings. The van der Waals surface area contributed by atoms with Gasteiger partial charge in [-0.25, -0.2) is 19.6 Å². The van der Waals surface area contributed by atoms with Gasteiger partial charge in [0.15, 0.2) is 5.82 Å². The number of piperazine rings is 1. The number of anilines is 1. The molecule has 1 amide bonds. The maximum absolute atomic E-state index is 12.8. The molecule has 32 heavy (non-hydrogen) atoms. The van der Waals surface area contributed by atoms with Crippen molar-refractivity contribution in [2.24, 2.45) is 0 Å². The summed E-state index contributed by atoms with van der Waals surface area (Å²) in [6.45, 7) is 6.42. The number of carbonyl (C=O) groups is 1. The molecule has 1 aliphatic carbocycles. The van der Waals surface area contributed by atoms with Gasteiger partial charge in [-0.15, -0.1) is 0 Å². The first kappa shape index (κ1) is 20.3. The van der Waals surface area contributed by atoms with Crippen molar-refractivity contribution in [1.82, 2.24) is 34.2 Å². The zero-order valence-electron chi connectivity index (χ0n) is 18.3. The average molecular weight is 435 g/mol. The molecule has 1 saturated heterocycles. The minimum atomic E-state index is -0.161. The molecule has 166 valence electrons. The fourth-order valence-corrected chi connectivity index (χ4v) is 4.08. The Kier molecular flexibility index (Phi) is 5.20. The fourth-order valence-electron chi connectivity index (χ4n) is 4.08. The van der Waals surface area contributed by atoms with Crippen LogP contribution in [0.4, 0.5) is 5.82 Å². The van der Waals surface area contributed by atoms with Gasteiger partial charge < -0.3 is 9.80 Å². The first-order valence-electron chi connectivity index (χ1n) is 10.9. The van der Waals surface area contributed by atoms with Crippen molar-refractivity contribution in [1.29, 1.82) is 0 Å². The standard InChI is InChI=1S/C22H26N8O2/c1-15-9-16(2)30(26-15)20-11-19(23-13-24-20)27-5-7-28(8-6-27)22(32)12-29-14-25-18(10-21(29)31)17-3-4-17/h9-11,13-14,17H,3-8,12H2,1-2H3. The third kappa shape index (κ3) is 4.12. The molecule has 4 heterocycles. The van der Waals surface area contributed by atoms with Crippen molar-refractivity contribution < 1.29 is 4.79 Å². The van der Waals surface area contributed by atoms with E-state index in [2.05, 4.69) is 25.0 Å². The van der Waals surface area contributed by atoms with E-state index in [-0.39, 0.29) is 18.0 Å². The van der Waals surface area contributed by atoms with Gasteiger partial charge in [-0.3, -0.25) is 14.2 Å². The maximum atomic E-state index is 12.8. The molecule has 10 heteroatoms. The second kappa shape index (κ2) is 8.18. The van der Waals surface area contributed by atoms with Gasteiger partial charge >= 0.3 is 0 Å². The Bertz CT molecular complexity index is 1200. The van der Waals surface area contributed by atoms with Crippen LogP contribution in [0.5, 0.6) is 0 Å². The van der Waals surface area contributed by atoms with Crippen LogP contribution in [0.15, 0.2) is 35.6 Å².